The van der Waals surface area contributed by atoms with Gasteiger partial charge in [0, 0.05) is 34.0 Å². The van der Waals surface area contributed by atoms with Gasteiger partial charge in [-0.1, -0.05) is 24.8 Å². The first kappa shape index (κ1) is 19.0. The van der Waals surface area contributed by atoms with Gasteiger partial charge in [-0.25, -0.2) is 14.4 Å². The highest BCUT2D eigenvalue weighted by Gasteiger charge is 2.21. The Morgan fingerprint density at radius 3 is 2.19 bits per heavy atom. The van der Waals surface area contributed by atoms with Crippen molar-refractivity contribution in [1.29, 1.82) is 0 Å². The zero-order valence-electron chi connectivity index (χ0n) is 13.6. The van der Waals surface area contributed by atoms with Gasteiger partial charge in [0.1, 0.15) is 5.75 Å². The maximum atomic E-state index is 11.7. The molecule has 0 N–H and O–H groups in total. The molecule has 0 heterocycles. The summed E-state index contributed by atoms with van der Waals surface area (Å²) in [7, 11) is 1.14. The molecule has 0 atom stereocenters. The molecule has 8 heteroatoms. The van der Waals surface area contributed by atoms with Crippen LogP contribution in [0.3, 0.4) is 0 Å². The number of carbonyl (C=O) groups excluding carboxylic acids is 3. The van der Waals surface area contributed by atoms with Gasteiger partial charge in [0.2, 0.25) is 0 Å². The smallest absolute Gasteiger partial charge is 0.437 e. The maximum absolute atomic E-state index is 11.7. The van der Waals surface area contributed by atoms with Gasteiger partial charge in [-0.2, -0.15) is 0 Å². The summed E-state index contributed by atoms with van der Waals surface area (Å²) in [6, 6.07) is 5.72. The quantitative estimate of drug-likeness (QED) is 0.339. The largest absolute Gasteiger partial charge is 0.513 e. The molecule has 0 amide bonds. The summed E-state index contributed by atoms with van der Waals surface area (Å²) in [5.74, 6) is -1.84. The molecule has 0 saturated carbocycles. The summed E-state index contributed by atoms with van der Waals surface area (Å²) < 4.78 is 19.8. The van der Waals surface area contributed by atoms with Crippen molar-refractivity contribution in [2.24, 2.45) is 0 Å². The lowest BCUT2D eigenvalue weighted by atomic mass is 10.1. The maximum Gasteiger partial charge on any atom is 0.513 e. The zero-order valence-corrected chi connectivity index (χ0v) is 14.4. The van der Waals surface area contributed by atoms with Crippen molar-refractivity contribution in [3.63, 3.8) is 0 Å². The van der Waals surface area contributed by atoms with Crippen molar-refractivity contribution in [3.05, 3.63) is 54.6 Å². The van der Waals surface area contributed by atoms with Crippen LogP contribution in [0, 0.1) is 0 Å². The number of ether oxygens (including phenoxy) is 4. The van der Waals surface area contributed by atoms with Crippen molar-refractivity contribution >= 4 is 40.5 Å². The van der Waals surface area contributed by atoms with Gasteiger partial charge < -0.3 is 18.9 Å². The van der Waals surface area contributed by atoms with E-state index >= 15 is 0 Å². The third kappa shape index (κ3) is 4.20. The van der Waals surface area contributed by atoms with Crippen LogP contribution in [0.5, 0.6) is 17.2 Å². The van der Waals surface area contributed by atoms with E-state index in [4.69, 9.17) is 25.8 Å². The number of rotatable bonds is 5. The van der Waals surface area contributed by atoms with E-state index in [1.807, 2.05) is 0 Å². The van der Waals surface area contributed by atoms with E-state index in [-0.39, 0.29) is 17.2 Å². The molecule has 134 valence electrons. The standard InChI is InChI=1S/C18H13ClO7/c1-4-15(20)24-14-9-13(25-18(22)23-3)12-8-10(19)6-7-11(12)17(14)26-16(21)5-2/h4-9H,1-2H2,3H3. The van der Waals surface area contributed by atoms with Crippen molar-refractivity contribution in [2.45, 2.75) is 0 Å². The molecular weight excluding hydrogens is 364 g/mol. The Hall–Kier alpha value is -3.32. The van der Waals surface area contributed by atoms with Gasteiger partial charge in [0.25, 0.3) is 0 Å². The van der Waals surface area contributed by atoms with Crippen LogP contribution in [0.2, 0.25) is 5.02 Å². The van der Waals surface area contributed by atoms with E-state index in [2.05, 4.69) is 17.9 Å². The second kappa shape index (κ2) is 8.17. The van der Waals surface area contributed by atoms with Crippen molar-refractivity contribution < 1.29 is 33.3 Å². The second-order valence-electron chi connectivity index (χ2n) is 4.70. The van der Waals surface area contributed by atoms with Gasteiger partial charge in [-0.05, 0) is 18.2 Å². The first-order chi connectivity index (χ1) is 12.4. The first-order valence-corrected chi connectivity index (χ1v) is 7.48. The predicted molar refractivity (Wildman–Crippen MR) is 93.7 cm³/mol. The minimum absolute atomic E-state index is 0.0142. The normalized spacial score (nSPS) is 9.92. The van der Waals surface area contributed by atoms with Gasteiger partial charge in [0.05, 0.1) is 7.11 Å². The van der Waals surface area contributed by atoms with E-state index in [1.165, 1.54) is 24.3 Å². The monoisotopic (exact) mass is 376 g/mol. The van der Waals surface area contributed by atoms with E-state index in [9.17, 15) is 14.4 Å². The Morgan fingerprint density at radius 1 is 0.923 bits per heavy atom. The summed E-state index contributed by atoms with van der Waals surface area (Å²) >= 11 is 6.00. The molecule has 0 unspecified atom stereocenters. The number of halogens is 1. The van der Waals surface area contributed by atoms with Crippen molar-refractivity contribution in [1.82, 2.24) is 0 Å². The molecule has 2 aromatic rings. The predicted octanol–water partition coefficient (Wildman–Crippen LogP) is 3.82. The highest BCUT2D eigenvalue weighted by molar-refractivity contribution is 6.31. The number of esters is 2. The molecule has 26 heavy (non-hydrogen) atoms. The summed E-state index contributed by atoms with van der Waals surface area (Å²) in [6.07, 6.45) is 0.870. The van der Waals surface area contributed by atoms with E-state index in [0.717, 1.165) is 19.3 Å². The third-order valence-electron chi connectivity index (χ3n) is 3.08. The van der Waals surface area contributed by atoms with Crippen LogP contribution >= 0.6 is 11.6 Å². The number of carbonyl (C=O) groups is 3. The lowest BCUT2D eigenvalue weighted by Crippen LogP contribution is -2.11. The Balaban J connectivity index is 2.76. The summed E-state index contributed by atoms with van der Waals surface area (Å²) in [4.78, 5) is 34.8. The number of benzene rings is 2. The highest BCUT2D eigenvalue weighted by Crippen LogP contribution is 2.43. The molecule has 0 spiro atoms. The topological polar surface area (TPSA) is 88.1 Å². The average Bonchev–Trinajstić information content (AvgIpc) is 2.63. The summed E-state index contributed by atoms with van der Waals surface area (Å²) in [5.41, 5.74) is 0. The summed E-state index contributed by atoms with van der Waals surface area (Å²) in [5, 5.41) is 0.968. The Morgan fingerprint density at radius 2 is 1.58 bits per heavy atom. The van der Waals surface area contributed by atoms with Gasteiger partial charge in [0.15, 0.2) is 11.5 Å². The van der Waals surface area contributed by atoms with Crippen molar-refractivity contribution in [3.8, 4) is 17.2 Å². The molecule has 0 saturated heterocycles. The molecule has 0 aliphatic rings. The van der Waals surface area contributed by atoms with E-state index in [1.54, 1.807) is 0 Å². The molecule has 0 aliphatic heterocycles. The zero-order chi connectivity index (χ0) is 19.3. The van der Waals surface area contributed by atoms with Crippen molar-refractivity contribution in [2.75, 3.05) is 7.11 Å². The molecule has 7 nitrogen and oxygen atoms in total. The fourth-order valence-corrected chi connectivity index (χ4v) is 2.17. The van der Waals surface area contributed by atoms with E-state index in [0.29, 0.717) is 15.8 Å². The van der Waals surface area contributed by atoms with Gasteiger partial charge >= 0.3 is 18.1 Å². The Kier molecular flexibility index (Phi) is 5.98. The molecule has 0 fully saturated rings. The lowest BCUT2D eigenvalue weighted by molar-refractivity contribution is -0.131. The van der Waals surface area contributed by atoms with Gasteiger partial charge in [-0.3, -0.25) is 0 Å². The Labute approximate surface area is 153 Å². The fraction of sp³-hybridized carbons (Fsp3) is 0.0556. The molecule has 0 bridgehead atoms. The SMILES string of the molecule is C=CC(=O)Oc1cc(OC(=O)OC)c2cc(Cl)ccc2c1OC(=O)C=C. The van der Waals surface area contributed by atoms with E-state index < -0.39 is 18.1 Å². The Bertz CT molecular complexity index is 917. The van der Waals surface area contributed by atoms with Crippen LogP contribution in [0.15, 0.2) is 49.6 Å². The van der Waals surface area contributed by atoms with Crippen LogP contribution in [0.25, 0.3) is 10.8 Å². The molecular formula is C18H13ClO7. The van der Waals surface area contributed by atoms with Crippen LogP contribution < -0.4 is 14.2 Å². The number of methoxy groups -OCH3 is 1. The molecule has 0 aliphatic carbocycles. The lowest BCUT2D eigenvalue weighted by Gasteiger charge is -2.15. The van der Waals surface area contributed by atoms with Crippen LogP contribution in [0.4, 0.5) is 4.79 Å². The molecule has 0 aromatic heterocycles. The highest BCUT2D eigenvalue weighted by atomic mass is 35.5. The van der Waals surface area contributed by atoms with Crippen LogP contribution in [0.1, 0.15) is 0 Å². The first-order valence-electron chi connectivity index (χ1n) is 7.10. The number of fused-ring (bicyclic) bond motifs is 1. The molecule has 2 aromatic carbocycles. The minimum atomic E-state index is -0.997. The second-order valence-corrected chi connectivity index (χ2v) is 5.13. The summed E-state index contributed by atoms with van der Waals surface area (Å²) in [6.45, 7) is 6.62. The number of hydrogen-bond donors (Lipinski definition) is 0. The minimum Gasteiger partial charge on any atom is -0.437 e. The molecule has 0 radical (unpaired) electrons. The van der Waals surface area contributed by atoms with Crippen LogP contribution in [-0.2, 0) is 14.3 Å². The fourth-order valence-electron chi connectivity index (χ4n) is 2.00. The van der Waals surface area contributed by atoms with Gasteiger partial charge in [-0.15, -0.1) is 0 Å². The average molecular weight is 377 g/mol. The van der Waals surface area contributed by atoms with Crippen LogP contribution in [-0.4, -0.2) is 25.2 Å². The third-order valence-corrected chi connectivity index (χ3v) is 3.32. The molecule has 2 rings (SSSR count). The number of hydrogen-bond acceptors (Lipinski definition) is 7.